The van der Waals surface area contributed by atoms with Crippen LogP contribution in [0.1, 0.15) is 23.6 Å². The number of rotatable bonds is 9. The lowest BCUT2D eigenvalue weighted by Crippen LogP contribution is -2.60. The van der Waals surface area contributed by atoms with Crippen molar-refractivity contribution in [2.24, 2.45) is 0 Å². The first-order valence-corrected chi connectivity index (χ1v) is 17.2. The van der Waals surface area contributed by atoms with Crippen LogP contribution in [-0.2, 0) is 20.4 Å². The zero-order chi connectivity index (χ0) is 34.2. The summed E-state index contributed by atoms with van der Waals surface area (Å²) in [5, 5.41) is 10.8. The monoisotopic (exact) mass is 707 g/mol. The molecule has 1 saturated heterocycles. The zero-order valence-electron chi connectivity index (χ0n) is 26.3. The Kier molecular flexibility index (Phi) is 9.15. The van der Waals surface area contributed by atoms with Gasteiger partial charge in [0, 0.05) is 55.8 Å². The van der Waals surface area contributed by atoms with Gasteiger partial charge in [0.05, 0.1) is 53.9 Å². The third-order valence-electron chi connectivity index (χ3n) is 8.59. The quantitative estimate of drug-likeness (QED) is 0.221. The van der Waals surface area contributed by atoms with Crippen molar-refractivity contribution >= 4 is 50.5 Å². The van der Waals surface area contributed by atoms with Crippen LogP contribution in [0.4, 0.5) is 11.4 Å². The van der Waals surface area contributed by atoms with Crippen molar-refractivity contribution in [2.45, 2.75) is 17.4 Å². The molecule has 1 unspecified atom stereocenters. The first-order valence-electron chi connectivity index (χ1n) is 15.0. The highest BCUT2D eigenvalue weighted by Gasteiger charge is 2.61. The summed E-state index contributed by atoms with van der Waals surface area (Å²) in [5.74, 6) is 0.0470. The number of hydrogen-bond acceptors (Lipinski definition) is 10. The van der Waals surface area contributed by atoms with E-state index >= 15 is 4.79 Å². The topological polar surface area (TPSA) is 125 Å². The molecule has 4 aromatic rings. The van der Waals surface area contributed by atoms with Crippen LogP contribution < -0.4 is 23.4 Å². The predicted molar refractivity (Wildman–Crippen MR) is 182 cm³/mol. The van der Waals surface area contributed by atoms with Gasteiger partial charge in [-0.3, -0.25) is 14.7 Å². The van der Waals surface area contributed by atoms with Gasteiger partial charge in [-0.1, -0.05) is 41.4 Å². The molecule has 0 N–H and O–H groups in total. The zero-order valence-corrected chi connectivity index (χ0v) is 28.6. The molecule has 0 bridgehead atoms. The fraction of sp³-hybridized carbons (Fsp3) is 0.265. The summed E-state index contributed by atoms with van der Waals surface area (Å²) < 4.78 is 47.0. The normalized spacial score (nSPS) is 18.0. The number of aromatic nitrogens is 1. The Hall–Kier alpha value is -4.54. The number of methoxy groups -OCH3 is 2. The van der Waals surface area contributed by atoms with E-state index in [0.717, 1.165) is 4.31 Å². The molecule has 2 aliphatic heterocycles. The molecule has 1 aromatic heterocycles. The number of anilines is 2. The third kappa shape index (κ3) is 5.27. The molecule has 2 aliphatic rings. The van der Waals surface area contributed by atoms with E-state index in [-0.39, 0.29) is 35.0 Å². The van der Waals surface area contributed by atoms with Crippen LogP contribution in [0.2, 0.25) is 10.0 Å². The Morgan fingerprint density at radius 3 is 2.27 bits per heavy atom. The molecule has 6 rings (SSSR count). The van der Waals surface area contributed by atoms with Gasteiger partial charge < -0.3 is 19.1 Å². The molecule has 14 heteroatoms. The number of carbonyl (C=O) groups is 1. The first kappa shape index (κ1) is 33.4. The maximum Gasteiger partial charge on any atom is 0.274 e. The smallest absolute Gasteiger partial charge is 0.274 e. The number of sulfonamides is 1. The van der Waals surface area contributed by atoms with E-state index in [2.05, 4.69) is 11.1 Å². The van der Waals surface area contributed by atoms with Crippen molar-refractivity contribution in [3.05, 3.63) is 99.8 Å². The van der Waals surface area contributed by atoms with E-state index in [1.165, 1.54) is 56.9 Å². The van der Waals surface area contributed by atoms with Crippen LogP contribution in [0.5, 0.6) is 17.2 Å². The van der Waals surface area contributed by atoms with Crippen molar-refractivity contribution in [2.75, 3.05) is 56.2 Å². The minimum absolute atomic E-state index is 0.00397. The van der Waals surface area contributed by atoms with Gasteiger partial charge in [-0.2, -0.15) is 5.26 Å². The number of pyridine rings is 1. The summed E-state index contributed by atoms with van der Waals surface area (Å²) >= 11 is 13.0. The minimum atomic E-state index is -4.60. The average molecular weight is 709 g/mol. The molecule has 1 atom stereocenters. The average Bonchev–Trinajstić information content (AvgIpc) is 3.36. The molecule has 0 radical (unpaired) electrons. The SMILES string of the molecule is CCOc1ccccc1C1(N2CCN(c3c(Cl)cncc3Cl)CC2)C(=O)N(S(=O)(=O)c2ccc(OC)cc2OC)c2ccc(C#N)cc21. The molecule has 0 saturated carbocycles. The van der Waals surface area contributed by atoms with Crippen molar-refractivity contribution in [1.82, 2.24) is 9.88 Å². The van der Waals surface area contributed by atoms with Gasteiger partial charge in [0.1, 0.15) is 22.1 Å². The second-order valence-electron chi connectivity index (χ2n) is 11.0. The van der Waals surface area contributed by atoms with Gasteiger partial charge in [0.15, 0.2) is 5.54 Å². The Bertz CT molecular complexity index is 2030. The number of fused-ring (bicyclic) bond motifs is 1. The van der Waals surface area contributed by atoms with Crippen molar-refractivity contribution < 1.29 is 27.4 Å². The molecular weight excluding hydrogens is 677 g/mol. The van der Waals surface area contributed by atoms with Gasteiger partial charge in [-0.05, 0) is 43.3 Å². The highest BCUT2D eigenvalue weighted by atomic mass is 35.5. The van der Waals surface area contributed by atoms with Crippen LogP contribution in [0.15, 0.2) is 78.0 Å². The van der Waals surface area contributed by atoms with E-state index in [1.54, 1.807) is 30.3 Å². The maximum absolute atomic E-state index is 15.4. The van der Waals surface area contributed by atoms with E-state index in [0.29, 0.717) is 58.1 Å². The van der Waals surface area contributed by atoms with E-state index < -0.39 is 21.5 Å². The number of benzene rings is 3. The lowest BCUT2D eigenvalue weighted by Gasteiger charge is -2.46. The Morgan fingerprint density at radius 1 is 0.917 bits per heavy atom. The van der Waals surface area contributed by atoms with Crippen LogP contribution in [0.3, 0.4) is 0 Å². The summed E-state index contributed by atoms with van der Waals surface area (Å²) in [5.41, 5.74) is 0.0705. The number of piperazine rings is 1. The summed E-state index contributed by atoms with van der Waals surface area (Å²) in [6.45, 7) is 3.48. The standard InChI is InChI=1S/C34H31Cl2N5O6S/c1-4-47-29-8-6-5-7-24(29)34(40-15-13-39(14-16-40)32-26(35)20-38-21-27(32)36)25-17-22(19-37)9-11-28(25)41(33(34)42)48(43,44)31-12-10-23(45-2)18-30(31)46-3/h5-12,17-18,20-21H,4,13-16H2,1-3H3. The third-order valence-corrected chi connectivity index (χ3v) is 10.9. The molecular formula is C34H31Cl2N5O6S. The van der Waals surface area contributed by atoms with Crippen molar-refractivity contribution in [3.63, 3.8) is 0 Å². The van der Waals surface area contributed by atoms with Gasteiger partial charge in [-0.25, -0.2) is 12.7 Å². The van der Waals surface area contributed by atoms with E-state index in [9.17, 15) is 13.7 Å². The highest BCUT2D eigenvalue weighted by Crippen LogP contribution is 2.53. The summed E-state index contributed by atoms with van der Waals surface area (Å²) in [4.78, 5) is 23.2. The highest BCUT2D eigenvalue weighted by molar-refractivity contribution is 7.93. The molecule has 3 aromatic carbocycles. The van der Waals surface area contributed by atoms with Gasteiger partial charge in [-0.15, -0.1) is 0 Å². The number of carbonyl (C=O) groups excluding carboxylic acids is 1. The van der Waals surface area contributed by atoms with Crippen LogP contribution in [-0.4, -0.2) is 71.2 Å². The van der Waals surface area contributed by atoms with Gasteiger partial charge >= 0.3 is 0 Å². The molecule has 248 valence electrons. The molecule has 1 fully saturated rings. The Balaban J connectivity index is 1.58. The number of amides is 1. The molecule has 1 amide bonds. The molecule has 48 heavy (non-hydrogen) atoms. The Labute approximate surface area is 288 Å². The van der Waals surface area contributed by atoms with Crippen LogP contribution in [0, 0.1) is 11.3 Å². The molecule has 0 aliphatic carbocycles. The van der Waals surface area contributed by atoms with Crippen molar-refractivity contribution in [3.8, 4) is 23.3 Å². The lowest BCUT2D eigenvalue weighted by molar-refractivity contribution is -0.127. The second kappa shape index (κ2) is 13.2. The summed E-state index contributed by atoms with van der Waals surface area (Å²) in [6.07, 6.45) is 3.04. The van der Waals surface area contributed by atoms with Crippen LogP contribution >= 0.6 is 23.2 Å². The summed E-state index contributed by atoms with van der Waals surface area (Å²) in [6, 6.07) is 18.1. The summed E-state index contributed by atoms with van der Waals surface area (Å²) in [7, 11) is -1.80. The fourth-order valence-corrected chi connectivity index (χ4v) is 8.73. The number of nitrogens with zero attached hydrogens (tertiary/aromatic N) is 5. The first-order chi connectivity index (χ1) is 23.1. The Morgan fingerprint density at radius 2 is 1.62 bits per heavy atom. The fourth-order valence-electron chi connectivity index (χ4n) is 6.52. The minimum Gasteiger partial charge on any atom is -0.497 e. The largest absolute Gasteiger partial charge is 0.497 e. The van der Waals surface area contributed by atoms with Crippen molar-refractivity contribution in [1.29, 1.82) is 5.26 Å². The lowest BCUT2D eigenvalue weighted by atomic mass is 9.80. The number of para-hydroxylation sites is 1. The van der Waals surface area contributed by atoms with Crippen LogP contribution in [0.25, 0.3) is 0 Å². The van der Waals surface area contributed by atoms with E-state index in [4.69, 9.17) is 37.4 Å². The molecule has 3 heterocycles. The maximum atomic E-state index is 15.4. The number of nitriles is 1. The number of ether oxygens (including phenoxy) is 3. The number of halogens is 2. The molecule has 11 nitrogen and oxygen atoms in total. The van der Waals surface area contributed by atoms with E-state index in [1.807, 2.05) is 16.7 Å². The molecule has 0 spiro atoms. The van der Waals surface area contributed by atoms with Gasteiger partial charge in [0.25, 0.3) is 15.9 Å². The predicted octanol–water partition coefficient (Wildman–Crippen LogP) is 5.48. The second-order valence-corrected chi connectivity index (χ2v) is 13.6. The van der Waals surface area contributed by atoms with Gasteiger partial charge in [0.2, 0.25) is 0 Å². The number of hydrogen-bond donors (Lipinski definition) is 0.